The van der Waals surface area contributed by atoms with Crippen molar-refractivity contribution in [3.8, 4) is 0 Å². The van der Waals surface area contributed by atoms with Crippen LogP contribution in [-0.4, -0.2) is 0 Å². The molecule has 0 aromatic heterocycles. The predicted molar refractivity (Wildman–Crippen MR) is 81.2 cm³/mol. The van der Waals surface area contributed by atoms with Crippen LogP contribution in [0.5, 0.6) is 0 Å². The lowest BCUT2D eigenvalue weighted by molar-refractivity contribution is 0.591. The Morgan fingerprint density at radius 2 is 1.89 bits per heavy atom. The molecule has 2 rings (SSSR count). The second-order valence-corrected chi connectivity index (χ2v) is 5.81. The summed E-state index contributed by atoms with van der Waals surface area (Å²) in [5.41, 5.74) is 7.31. The van der Waals surface area contributed by atoms with Crippen molar-refractivity contribution in [1.29, 1.82) is 0 Å². The summed E-state index contributed by atoms with van der Waals surface area (Å²) in [6.45, 7) is 0. The van der Waals surface area contributed by atoms with E-state index in [2.05, 4.69) is 0 Å². The fourth-order valence-electron chi connectivity index (χ4n) is 1.85. The van der Waals surface area contributed by atoms with Gasteiger partial charge in [-0.3, -0.25) is 0 Å². The molecular formula is C14H11ClF2IN. The highest BCUT2D eigenvalue weighted by atomic mass is 127. The largest absolute Gasteiger partial charge is 0.324 e. The Kier molecular flexibility index (Phi) is 4.76. The van der Waals surface area contributed by atoms with E-state index in [1.165, 1.54) is 24.3 Å². The van der Waals surface area contributed by atoms with E-state index >= 15 is 0 Å². The zero-order valence-corrected chi connectivity index (χ0v) is 12.8. The number of rotatable bonds is 3. The highest BCUT2D eigenvalue weighted by Crippen LogP contribution is 2.24. The van der Waals surface area contributed by atoms with Crippen LogP contribution in [0.15, 0.2) is 36.4 Å². The molecule has 2 aromatic carbocycles. The molecule has 1 nitrogen and oxygen atoms in total. The minimum atomic E-state index is -0.402. The lowest BCUT2D eigenvalue weighted by Crippen LogP contribution is -2.15. The minimum absolute atomic E-state index is 0.311. The molecule has 19 heavy (non-hydrogen) atoms. The van der Waals surface area contributed by atoms with Gasteiger partial charge in [-0.05, 0) is 70.5 Å². The maximum Gasteiger partial charge on any atom is 0.126 e. The maximum absolute atomic E-state index is 13.6. The third kappa shape index (κ3) is 3.64. The number of nitrogens with two attached hydrogens (primary N) is 1. The molecule has 1 unspecified atom stereocenters. The molecule has 0 heterocycles. The average Bonchev–Trinajstić information content (AvgIpc) is 2.33. The molecular weight excluding hydrogens is 383 g/mol. The zero-order chi connectivity index (χ0) is 14.0. The monoisotopic (exact) mass is 393 g/mol. The lowest BCUT2D eigenvalue weighted by atomic mass is 9.99. The van der Waals surface area contributed by atoms with Crippen LogP contribution in [0.25, 0.3) is 0 Å². The van der Waals surface area contributed by atoms with Gasteiger partial charge < -0.3 is 5.73 Å². The van der Waals surface area contributed by atoms with Gasteiger partial charge in [0, 0.05) is 14.6 Å². The molecule has 0 aliphatic heterocycles. The highest BCUT2D eigenvalue weighted by Gasteiger charge is 2.14. The SMILES string of the molecule is NC(Cc1cc(Cl)ccc1F)c1ccc(F)cc1I. The third-order valence-electron chi connectivity index (χ3n) is 2.81. The first-order chi connectivity index (χ1) is 8.97. The van der Waals surface area contributed by atoms with E-state index in [9.17, 15) is 8.78 Å². The zero-order valence-electron chi connectivity index (χ0n) is 9.84. The van der Waals surface area contributed by atoms with Crippen LogP contribution in [0.3, 0.4) is 0 Å². The van der Waals surface area contributed by atoms with Crippen LogP contribution in [0, 0.1) is 15.2 Å². The Bertz CT molecular complexity index is 604. The van der Waals surface area contributed by atoms with Gasteiger partial charge >= 0.3 is 0 Å². The first-order valence-electron chi connectivity index (χ1n) is 5.62. The second kappa shape index (κ2) is 6.15. The normalized spacial score (nSPS) is 12.5. The van der Waals surface area contributed by atoms with Crippen molar-refractivity contribution in [2.24, 2.45) is 5.73 Å². The molecule has 0 spiro atoms. The Balaban J connectivity index is 2.25. The van der Waals surface area contributed by atoms with Crippen molar-refractivity contribution >= 4 is 34.2 Å². The molecule has 2 N–H and O–H groups in total. The number of hydrogen-bond acceptors (Lipinski definition) is 1. The summed E-state index contributed by atoms with van der Waals surface area (Å²) in [4.78, 5) is 0. The number of halogens is 4. The lowest BCUT2D eigenvalue weighted by Gasteiger charge is -2.15. The number of hydrogen-bond donors (Lipinski definition) is 1. The maximum atomic E-state index is 13.6. The second-order valence-electron chi connectivity index (χ2n) is 4.21. The van der Waals surface area contributed by atoms with Gasteiger partial charge in [-0.1, -0.05) is 17.7 Å². The van der Waals surface area contributed by atoms with E-state index in [-0.39, 0.29) is 11.6 Å². The summed E-state index contributed by atoms with van der Waals surface area (Å²) in [5, 5.41) is 0.470. The van der Waals surface area contributed by atoms with Crippen molar-refractivity contribution in [2.75, 3.05) is 0 Å². The van der Waals surface area contributed by atoms with Gasteiger partial charge in [-0.2, -0.15) is 0 Å². The van der Waals surface area contributed by atoms with Crippen LogP contribution in [0.1, 0.15) is 17.2 Å². The van der Waals surface area contributed by atoms with Gasteiger partial charge in [0.15, 0.2) is 0 Å². The smallest absolute Gasteiger partial charge is 0.126 e. The van der Waals surface area contributed by atoms with Crippen molar-refractivity contribution in [3.63, 3.8) is 0 Å². The van der Waals surface area contributed by atoms with E-state index in [4.69, 9.17) is 17.3 Å². The van der Waals surface area contributed by atoms with Gasteiger partial charge in [0.1, 0.15) is 11.6 Å². The third-order valence-corrected chi connectivity index (χ3v) is 3.98. The number of benzene rings is 2. The van der Waals surface area contributed by atoms with E-state index in [1.54, 1.807) is 12.1 Å². The molecule has 0 radical (unpaired) electrons. The molecule has 1 atom stereocenters. The van der Waals surface area contributed by atoms with E-state index in [1.807, 2.05) is 22.6 Å². The van der Waals surface area contributed by atoms with Crippen LogP contribution < -0.4 is 5.73 Å². The van der Waals surface area contributed by atoms with Crippen molar-refractivity contribution in [3.05, 3.63) is 67.8 Å². The Morgan fingerprint density at radius 3 is 2.58 bits per heavy atom. The quantitative estimate of drug-likeness (QED) is 0.765. The van der Waals surface area contributed by atoms with Gasteiger partial charge in [0.25, 0.3) is 0 Å². The molecule has 0 aliphatic carbocycles. The Morgan fingerprint density at radius 1 is 1.16 bits per heavy atom. The Labute approximate surface area is 128 Å². The molecule has 0 fully saturated rings. The van der Waals surface area contributed by atoms with Crippen LogP contribution in [0.4, 0.5) is 8.78 Å². The fraction of sp³-hybridized carbons (Fsp3) is 0.143. The van der Waals surface area contributed by atoms with Crippen LogP contribution >= 0.6 is 34.2 Å². The van der Waals surface area contributed by atoms with Crippen molar-refractivity contribution in [2.45, 2.75) is 12.5 Å². The minimum Gasteiger partial charge on any atom is -0.324 e. The highest BCUT2D eigenvalue weighted by molar-refractivity contribution is 14.1. The molecule has 0 aliphatic rings. The van der Waals surface area contributed by atoms with Gasteiger partial charge in [-0.25, -0.2) is 8.78 Å². The van der Waals surface area contributed by atoms with Crippen LogP contribution in [-0.2, 0) is 6.42 Å². The topological polar surface area (TPSA) is 26.0 Å². The summed E-state index contributed by atoms with van der Waals surface area (Å²) >= 11 is 7.86. The summed E-state index contributed by atoms with van der Waals surface area (Å²) in [6.07, 6.45) is 0.314. The van der Waals surface area contributed by atoms with Gasteiger partial charge in [-0.15, -0.1) is 0 Å². The molecule has 0 saturated carbocycles. The van der Waals surface area contributed by atoms with E-state index in [0.29, 0.717) is 17.0 Å². The van der Waals surface area contributed by atoms with Gasteiger partial charge in [0.05, 0.1) is 0 Å². The average molecular weight is 394 g/mol. The molecule has 0 saturated heterocycles. The Hall–Kier alpha value is -0.720. The summed E-state index contributed by atoms with van der Waals surface area (Å²) in [6, 6.07) is 8.36. The van der Waals surface area contributed by atoms with Crippen molar-refractivity contribution in [1.82, 2.24) is 0 Å². The molecule has 5 heteroatoms. The molecule has 2 aromatic rings. The molecule has 0 bridgehead atoms. The summed E-state index contributed by atoms with van der Waals surface area (Å²) < 4.78 is 27.4. The summed E-state index contributed by atoms with van der Waals surface area (Å²) in [7, 11) is 0. The molecule has 100 valence electrons. The van der Waals surface area contributed by atoms with Gasteiger partial charge in [0.2, 0.25) is 0 Å². The fourth-order valence-corrected chi connectivity index (χ4v) is 2.92. The predicted octanol–water partition coefficient (Wildman–Crippen LogP) is 4.47. The van der Waals surface area contributed by atoms with E-state index in [0.717, 1.165) is 9.13 Å². The summed E-state index contributed by atoms with van der Waals surface area (Å²) in [5.74, 6) is -0.647. The standard InChI is InChI=1S/C14H11ClF2IN/c15-9-1-4-12(17)8(5-9)6-14(19)11-3-2-10(16)7-13(11)18/h1-5,7,14H,6,19H2. The first-order valence-corrected chi connectivity index (χ1v) is 7.07. The first kappa shape index (κ1) is 14.7. The van der Waals surface area contributed by atoms with Crippen molar-refractivity contribution < 1.29 is 8.78 Å². The van der Waals surface area contributed by atoms with E-state index < -0.39 is 6.04 Å². The van der Waals surface area contributed by atoms with Crippen LogP contribution in [0.2, 0.25) is 5.02 Å². The molecule has 0 amide bonds.